The summed E-state index contributed by atoms with van der Waals surface area (Å²) >= 11 is 0. The average Bonchev–Trinajstić information content (AvgIpc) is 2.57. The number of ether oxygens (including phenoxy) is 1. The lowest BCUT2D eigenvalue weighted by Gasteiger charge is -2.11. The maximum absolute atomic E-state index is 12.2. The molecule has 2 N–H and O–H groups in total. The van der Waals surface area contributed by atoms with Gasteiger partial charge < -0.3 is 10.1 Å². The number of sulfonamides is 1. The molecule has 0 spiro atoms. The molecule has 0 radical (unpaired) electrons. The molecule has 1 amide bonds. The Bertz CT molecular complexity index is 826. The summed E-state index contributed by atoms with van der Waals surface area (Å²) in [4.78, 5) is 11.9. The summed E-state index contributed by atoms with van der Waals surface area (Å²) in [7, 11) is -2.05. The van der Waals surface area contributed by atoms with Crippen molar-refractivity contribution in [3.05, 3.63) is 59.2 Å². The van der Waals surface area contributed by atoms with E-state index < -0.39 is 15.9 Å². The lowest BCUT2D eigenvalue weighted by atomic mass is 10.1. The van der Waals surface area contributed by atoms with Crippen LogP contribution >= 0.6 is 0 Å². The van der Waals surface area contributed by atoms with E-state index in [-0.39, 0.29) is 12.3 Å². The highest BCUT2D eigenvalue weighted by Gasteiger charge is 2.16. The molecule has 0 aliphatic heterocycles. The van der Waals surface area contributed by atoms with E-state index in [2.05, 4.69) is 10.0 Å². The second-order valence-electron chi connectivity index (χ2n) is 5.73. The van der Waals surface area contributed by atoms with Gasteiger partial charge in [0.25, 0.3) is 0 Å². The second kappa shape index (κ2) is 8.13. The second-order valence-corrected chi connectivity index (χ2v) is 7.53. The van der Waals surface area contributed by atoms with E-state index in [1.807, 2.05) is 32.0 Å². The summed E-state index contributed by atoms with van der Waals surface area (Å²) in [6.07, 6.45) is 0. The summed E-state index contributed by atoms with van der Waals surface area (Å²) in [5.74, 6) is 0.0870. The number of hydrogen-bond donors (Lipinski definition) is 2. The van der Waals surface area contributed by atoms with Crippen molar-refractivity contribution in [1.29, 1.82) is 0 Å². The number of anilines is 1. The largest absolute Gasteiger partial charge is 0.497 e. The molecule has 0 unspecified atom stereocenters. The highest BCUT2D eigenvalue weighted by molar-refractivity contribution is 7.88. The smallest absolute Gasteiger partial charge is 0.239 e. The number of rotatable bonds is 7. The summed E-state index contributed by atoms with van der Waals surface area (Å²) in [5, 5.41) is 2.63. The van der Waals surface area contributed by atoms with Crippen LogP contribution in [0.4, 0.5) is 5.69 Å². The minimum Gasteiger partial charge on any atom is -0.497 e. The van der Waals surface area contributed by atoms with Gasteiger partial charge in [0.2, 0.25) is 15.9 Å². The maximum Gasteiger partial charge on any atom is 0.239 e. The number of nitrogens with one attached hydrogen (secondary N) is 2. The van der Waals surface area contributed by atoms with Gasteiger partial charge in [-0.3, -0.25) is 4.79 Å². The molecule has 25 heavy (non-hydrogen) atoms. The summed E-state index contributed by atoms with van der Waals surface area (Å²) in [6.45, 7) is 3.42. The Kier molecular flexibility index (Phi) is 6.17. The van der Waals surface area contributed by atoms with Crippen LogP contribution in [-0.4, -0.2) is 28.0 Å². The van der Waals surface area contributed by atoms with Gasteiger partial charge in [-0.15, -0.1) is 0 Å². The molecule has 0 atom stereocenters. The predicted molar refractivity (Wildman–Crippen MR) is 98.2 cm³/mol. The molecule has 0 heterocycles. The average molecular weight is 362 g/mol. The molecule has 0 saturated carbocycles. The Hall–Kier alpha value is -2.38. The number of hydrogen-bond acceptors (Lipinski definition) is 4. The molecule has 0 fully saturated rings. The first kappa shape index (κ1) is 19.0. The zero-order valence-corrected chi connectivity index (χ0v) is 15.3. The predicted octanol–water partition coefficient (Wildman–Crippen LogP) is 2.37. The van der Waals surface area contributed by atoms with Crippen molar-refractivity contribution < 1.29 is 17.9 Å². The Labute approximate surface area is 148 Å². The first-order chi connectivity index (χ1) is 11.8. The fourth-order valence-electron chi connectivity index (χ4n) is 2.37. The zero-order valence-electron chi connectivity index (χ0n) is 14.5. The Morgan fingerprint density at radius 3 is 2.20 bits per heavy atom. The molecule has 0 aliphatic carbocycles. The molecule has 7 heteroatoms. The molecule has 0 aliphatic rings. The Balaban J connectivity index is 1.93. The minimum absolute atomic E-state index is 0.151. The topological polar surface area (TPSA) is 84.5 Å². The molecule has 2 aromatic carbocycles. The van der Waals surface area contributed by atoms with E-state index in [0.29, 0.717) is 11.4 Å². The molecule has 2 rings (SSSR count). The van der Waals surface area contributed by atoms with Crippen LogP contribution in [0.2, 0.25) is 0 Å². The van der Waals surface area contributed by atoms with E-state index in [0.717, 1.165) is 16.7 Å². The molecule has 0 saturated heterocycles. The van der Waals surface area contributed by atoms with Crippen molar-refractivity contribution in [2.24, 2.45) is 0 Å². The van der Waals surface area contributed by atoms with Crippen LogP contribution in [0, 0.1) is 13.8 Å². The maximum atomic E-state index is 12.2. The third-order valence-corrected chi connectivity index (χ3v) is 5.06. The van der Waals surface area contributed by atoms with Crippen molar-refractivity contribution in [3.8, 4) is 5.75 Å². The van der Waals surface area contributed by atoms with Gasteiger partial charge in [0.15, 0.2) is 0 Å². The van der Waals surface area contributed by atoms with E-state index in [4.69, 9.17) is 4.74 Å². The highest BCUT2D eigenvalue weighted by Crippen LogP contribution is 2.16. The molecule has 0 bridgehead atoms. The molecule has 0 aromatic heterocycles. The first-order valence-electron chi connectivity index (χ1n) is 7.77. The van der Waals surface area contributed by atoms with E-state index in [9.17, 15) is 13.2 Å². The number of benzene rings is 2. The number of amides is 1. The number of carbonyl (C=O) groups excluding carboxylic acids is 1. The van der Waals surface area contributed by atoms with Crippen LogP contribution in [0.5, 0.6) is 5.75 Å². The van der Waals surface area contributed by atoms with Crippen molar-refractivity contribution in [2.75, 3.05) is 19.0 Å². The minimum atomic E-state index is -3.61. The molecular weight excluding hydrogens is 340 g/mol. The molecule has 6 nitrogen and oxygen atoms in total. The van der Waals surface area contributed by atoms with Gasteiger partial charge in [-0.2, -0.15) is 0 Å². The standard InChI is InChI=1S/C18H22N2O4S/c1-13-5-4-6-14(2)17(13)12-25(22,23)19-11-18(21)20-15-7-9-16(24-3)10-8-15/h4-10,19H,11-12H2,1-3H3,(H,20,21). The SMILES string of the molecule is COc1ccc(NC(=O)CNS(=O)(=O)Cc2c(C)cccc2C)cc1. The number of carbonyl (C=O) groups is 1. The Morgan fingerprint density at radius 2 is 1.64 bits per heavy atom. The van der Waals surface area contributed by atoms with Gasteiger partial charge >= 0.3 is 0 Å². The van der Waals surface area contributed by atoms with Crippen molar-refractivity contribution in [3.63, 3.8) is 0 Å². The van der Waals surface area contributed by atoms with Crippen molar-refractivity contribution >= 4 is 21.6 Å². The lowest BCUT2D eigenvalue weighted by Crippen LogP contribution is -2.33. The van der Waals surface area contributed by atoms with Crippen molar-refractivity contribution in [2.45, 2.75) is 19.6 Å². The van der Waals surface area contributed by atoms with Gasteiger partial charge in [0.1, 0.15) is 5.75 Å². The molecule has 2 aromatic rings. The van der Waals surface area contributed by atoms with E-state index in [1.54, 1.807) is 31.4 Å². The lowest BCUT2D eigenvalue weighted by molar-refractivity contribution is -0.115. The van der Waals surface area contributed by atoms with Crippen LogP contribution in [0.25, 0.3) is 0 Å². The summed E-state index contributed by atoms with van der Waals surface area (Å²) in [5.41, 5.74) is 3.14. The third-order valence-electron chi connectivity index (χ3n) is 3.81. The summed E-state index contributed by atoms with van der Waals surface area (Å²) in [6, 6.07) is 12.4. The van der Waals surface area contributed by atoms with E-state index >= 15 is 0 Å². The van der Waals surface area contributed by atoms with Crippen LogP contribution in [0.1, 0.15) is 16.7 Å². The summed E-state index contributed by atoms with van der Waals surface area (Å²) < 4.78 is 31.9. The van der Waals surface area contributed by atoms with Crippen LogP contribution in [0.15, 0.2) is 42.5 Å². The quantitative estimate of drug-likeness (QED) is 0.792. The number of methoxy groups -OCH3 is 1. The molecular formula is C18H22N2O4S. The van der Waals surface area contributed by atoms with Gasteiger partial charge in [-0.05, 0) is 54.8 Å². The van der Waals surface area contributed by atoms with Crippen LogP contribution in [0.3, 0.4) is 0 Å². The Morgan fingerprint density at radius 1 is 1.04 bits per heavy atom. The highest BCUT2D eigenvalue weighted by atomic mass is 32.2. The molecule has 134 valence electrons. The fraction of sp³-hybridized carbons (Fsp3) is 0.278. The first-order valence-corrected chi connectivity index (χ1v) is 9.42. The van der Waals surface area contributed by atoms with Gasteiger partial charge in [-0.1, -0.05) is 18.2 Å². The van der Waals surface area contributed by atoms with Crippen LogP contribution < -0.4 is 14.8 Å². The van der Waals surface area contributed by atoms with Crippen molar-refractivity contribution in [1.82, 2.24) is 4.72 Å². The third kappa shape index (κ3) is 5.58. The van der Waals surface area contributed by atoms with E-state index in [1.165, 1.54) is 0 Å². The van der Waals surface area contributed by atoms with Gasteiger partial charge in [0, 0.05) is 5.69 Å². The fourth-order valence-corrected chi connectivity index (χ4v) is 3.66. The van der Waals surface area contributed by atoms with Crippen LogP contribution in [-0.2, 0) is 20.6 Å². The number of aryl methyl sites for hydroxylation is 2. The zero-order chi connectivity index (χ0) is 18.4. The van der Waals surface area contributed by atoms with Gasteiger partial charge in [-0.25, -0.2) is 13.1 Å². The van der Waals surface area contributed by atoms with Gasteiger partial charge in [0.05, 0.1) is 19.4 Å². The normalized spacial score (nSPS) is 11.2. The monoisotopic (exact) mass is 362 g/mol.